The lowest BCUT2D eigenvalue weighted by Crippen LogP contribution is -2.26. The summed E-state index contributed by atoms with van der Waals surface area (Å²) in [4.78, 5) is 1.54. The van der Waals surface area contributed by atoms with Crippen molar-refractivity contribution in [1.82, 2.24) is 4.90 Å². The van der Waals surface area contributed by atoms with Gasteiger partial charge in [0.1, 0.15) is 0 Å². The highest BCUT2D eigenvalue weighted by molar-refractivity contribution is 4.40. The van der Waals surface area contributed by atoms with Gasteiger partial charge in [0.2, 0.25) is 0 Å². The van der Waals surface area contributed by atoms with E-state index in [0.29, 0.717) is 0 Å². The summed E-state index contributed by atoms with van der Waals surface area (Å²) in [6.45, 7) is 2.65. The van der Waals surface area contributed by atoms with Gasteiger partial charge >= 0.3 is 0 Å². The van der Waals surface area contributed by atoms with E-state index in [1.807, 2.05) is 6.92 Å². The minimum atomic E-state index is -0.0513. The summed E-state index contributed by atoms with van der Waals surface area (Å²) in [5.74, 6) is 0. The summed E-state index contributed by atoms with van der Waals surface area (Å²) >= 11 is 0. The molecule has 0 bridgehead atoms. The van der Waals surface area contributed by atoms with Crippen LogP contribution in [0.15, 0.2) is 0 Å². The number of nitrogens with zero attached hydrogens (tertiary/aromatic N) is 1. The van der Waals surface area contributed by atoms with Crippen molar-refractivity contribution in [3.8, 4) is 0 Å². The van der Waals surface area contributed by atoms with Crippen molar-refractivity contribution in [1.29, 1.82) is 0 Å². The molecular weight excluding hydrogens is 106 g/mol. The van der Waals surface area contributed by atoms with E-state index in [9.17, 15) is 0 Å². The van der Waals surface area contributed by atoms with Gasteiger partial charge in [-0.05, 0) is 6.42 Å². The third-order valence-corrected chi connectivity index (χ3v) is 0.940. The van der Waals surface area contributed by atoms with E-state index in [0.717, 1.165) is 13.0 Å². The van der Waals surface area contributed by atoms with Gasteiger partial charge in [-0.2, -0.15) is 0 Å². The maximum atomic E-state index is 8.42. The zero-order valence-corrected chi connectivity index (χ0v) is 5.17. The Morgan fingerprint density at radius 3 is 1.88 bits per heavy atom. The highest BCUT2D eigenvalue weighted by Gasteiger charge is 1.95. The Bertz CT molecular complexity index is 45.7. The van der Waals surface area contributed by atoms with Crippen LogP contribution in [0.2, 0.25) is 0 Å². The summed E-state index contributed by atoms with van der Waals surface area (Å²) in [7, 11) is 0. The molecule has 0 aromatic rings. The molecule has 3 nitrogen and oxygen atoms in total. The lowest BCUT2D eigenvalue weighted by Gasteiger charge is -2.13. The molecule has 0 aliphatic heterocycles. The Hall–Kier alpha value is -0.120. The second-order valence-corrected chi connectivity index (χ2v) is 1.68. The summed E-state index contributed by atoms with van der Waals surface area (Å²) in [5.41, 5.74) is 0. The van der Waals surface area contributed by atoms with Crippen LogP contribution in [0.3, 0.4) is 0 Å². The summed E-state index contributed by atoms with van der Waals surface area (Å²) < 4.78 is 0. The van der Waals surface area contributed by atoms with Crippen LogP contribution >= 0.6 is 0 Å². The van der Waals surface area contributed by atoms with Gasteiger partial charge in [-0.1, -0.05) is 6.92 Å². The van der Waals surface area contributed by atoms with Crippen molar-refractivity contribution >= 4 is 0 Å². The second-order valence-electron chi connectivity index (χ2n) is 1.68. The molecule has 0 saturated carbocycles. The molecule has 0 atom stereocenters. The molecule has 0 unspecified atom stereocenters. The molecule has 0 fully saturated rings. The molecule has 8 heavy (non-hydrogen) atoms. The zero-order chi connectivity index (χ0) is 6.41. The van der Waals surface area contributed by atoms with E-state index in [2.05, 4.69) is 0 Å². The second kappa shape index (κ2) is 5.03. The van der Waals surface area contributed by atoms with E-state index in [1.54, 1.807) is 4.90 Å². The van der Waals surface area contributed by atoms with Gasteiger partial charge in [-0.25, -0.2) is 0 Å². The van der Waals surface area contributed by atoms with Crippen LogP contribution in [0.4, 0.5) is 0 Å². The van der Waals surface area contributed by atoms with Gasteiger partial charge in [0, 0.05) is 6.54 Å². The normalized spacial score (nSPS) is 10.5. The summed E-state index contributed by atoms with van der Waals surface area (Å²) in [6.07, 6.45) is 0.959. The highest BCUT2D eigenvalue weighted by Crippen LogP contribution is 1.84. The summed E-state index contributed by atoms with van der Waals surface area (Å²) in [5, 5.41) is 16.8. The fraction of sp³-hybridized carbons (Fsp3) is 1.00. The van der Waals surface area contributed by atoms with E-state index in [4.69, 9.17) is 10.2 Å². The molecule has 0 aliphatic carbocycles. The van der Waals surface area contributed by atoms with Crippen molar-refractivity contribution < 1.29 is 10.2 Å². The molecule has 0 aliphatic rings. The average Bonchev–Trinajstić information content (AvgIpc) is 1.83. The van der Waals surface area contributed by atoms with Crippen molar-refractivity contribution in [2.45, 2.75) is 13.3 Å². The minimum Gasteiger partial charge on any atom is -0.381 e. The first-order valence-corrected chi connectivity index (χ1v) is 2.79. The molecule has 3 heteroatoms. The maximum absolute atomic E-state index is 8.42. The third kappa shape index (κ3) is 2.96. The molecule has 2 N–H and O–H groups in total. The largest absolute Gasteiger partial charge is 0.381 e. The zero-order valence-electron chi connectivity index (χ0n) is 5.17. The minimum absolute atomic E-state index is 0.0513. The molecule has 50 valence electrons. The number of aliphatic hydroxyl groups is 2. The van der Waals surface area contributed by atoms with Gasteiger partial charge in [-0.3, -0.25) is 4.90 Å². The Balaban J connectivity index is 3.07. The Labute approximate surface area is 49.5 Å². The Kier molecular flexibility index (Phi) is 4.95. The predicted octanol–water partition coefficient (Wildman–Crippen LogP) is -0.402. The molecule has 0 aromatic heterocycles. The number of rotatable bonds is 4. The quantitative estimate of drug-likeness (QED) is 0.495. The molecule has 0 rings (SSSR count). The van der Waals surface area contributed by atoms with Crippen molar-refractivity contribution in [2.24, 2.45) is 0 Å². The van der Waals surface area contributed by atoms with Crippen molar-refractivity contribution in [3.05, 3.63) is 0 Å². The van der Waals surface area contributed by atoms with Gasteiger partial charge in [0.15, 0.2) is 0 Å². The molecule has 0 heterocycles. The maximum Gasteiger partial charge on any atom is 0.0974 e. The van der Waals surface area contributed by atoms with Crippen LogP contribution in [0, 0.1) is 0 Å². The molecule has 0 aromatic carbocycles. The lowest BCUT2D eigenvalue weighted by molar-refractivity contribution is 0.0298. The summed E-state index contributed by atoms with van der Waals surface area (Å²) in [6, 6.07) is 0. The van der Waals surface area contributed by atoms with Gasteiger partial charge in [-0.15, -0.1) is 0 Å². The fourth-order valence-electron chi connectivity index (χ4n) is 0.502. The Morgan fingerprint density at radius 1 is 1.25 bits per heavy atom. The number of aliphatic hydroxyl groups excluding tert-OH is 2. The smallest absolute Gasteiger partial charge is 0.0974 e. The van der Waals surface area contributed by atoms with E-state index >= 15 is 0 Å². The SMILES string of the molecule is CCCN(CO)CO. The topological polar surface area (TPSA) is 43.7 Å². The van der Waals surface area contributed by atoms with Crippen molar-refractivity contribution in [3.63, 3.8) is 0 Å². The van der Waals surface area contributed by atoms with Crippen LogP contribution < -0.4 is 0 Å². The molecule has 0 amide bonds. The Morgan fingerprint density at radius 2 is 1.75 bits per heavy atom. The van der Waals surface area contributed by atoms with Crippen LogP contribution in [-0.4, -0.2) is 35.1 Å². The van der Waals surface area contributed by atoms with Crippen LogP contribution in [0.5, 0.6) is 0 Å². The first kappa shape index (κ1) is 7.88. The highest BCUT2D eigenvalue weighted by atomic mass is 16.3. The first-order valence-electron chi connectivity index (χ1n) is 2.79. The van der Waals surface area contributed by atoms with Crippen LogP contribution in [0.25, 0.3) is 0 Å². The number of hydrogen-bond acceptors (Lipinski definition) is 3. The van der Waals surface area contributed by atoms with Gasteiger partial charge in [0.25, 0.3) is 0 Å². The third-order valence-electron chi connectivity index (χ3n) is 0.940. The molecular formula is C5H13NO2. The monoisotopic (exact) mass is 119 g/mol. The van der Waals surface area contributed by atoms with Crippen LogP contribution in [-0.2, 0) is 0 Å². The average molecular weight is 119 g/mol. The van der Waals surface area contributed by atoms with E-state index < -0.39 is 0 Å². The van der Waals surface area contributed by atoms with Crippen molar-refractivity contribution in [2.75, 3.05) is 20.0 Å². The lowest BCUT2D eigenvalue weighted by atomic mass is 10.5. The van der Waals surface area contributed by atoms with Gasteiger partial charge in [0.05, 0.1) is 13.5 Å². The molecule has 0 saturated heterocycles. The molecule has 0 radical (unpaired) electrons. The fourth-order valence-corrected chi connectivity index (χ4v) is 0.502. The molecule has 0 spiro atoms. The van der Waals surface area contributed by atoms with E-state index in [1.165, 1.54) is 0 Å². The van der Waals surface area contributed by atoms with Crippen LogP contribution in [0.1, 0.15) is 13.3 Å². The predicted molar refractivity (Wildman–Crippen MR) is 31.2 cm³/mol. The number of hydrogen-bond donors (Lipinski definition) is 2. The van der Waals surface area contributed by atoms with E-state index in [-0.39, 0.29) is 13.5 Å². The standard InChI is InChI=1S/C5H13NO2/c1-2-3-6(4-7)5-8/h7-8H,2-5H2,1H3. The first-order chi connectivity index (χ1) is 3.85. The van der Waals surface area contributed by atoms with Gasteiger partial charge < -0.3 is 10.2 Å².